The molecule has 6 heteroatoms. The Hall–Kier alpha value is -1.85. The minimum absolute atomic E-state index is 0.0768. The van der Waals surface area contributed by atoms with Crippen LogP contribution in [0.25, 0.3) is 0 Å². The molecule has 1 atom stereocenters. The van der Waals surface area contributed by atoms with Gasteiger partial charge in [-0.1, -0.05) is 117 Å². The van der Waals surface area contributed by atoms with E-state index < -0.39 is 6.04 Å². The van der Waals surface area contributed by atoms with Gasteiger partial charge in [0.2, 0.25) is 17.7 Å². The topological polar surface area (TPSA) is 87.3 Å². The second-order valence-electron chi connectivity index (χ2n) is 10.4. The number of hydrogen-bond donors (Lipinski definition) is 3. The molecule has 216 valence electrons. The number of allylic oxidation sites excluding steroid dienone is 1. The first-order valence-corrected chi connectivity index (χ1v) is 15.6. The van der Waals surface area contributed by atoms with E-state index in [9.17, 15) is 14.4 Å². The van der Waals surface area contributed by atoms with Crippen molar-refractivity contribution in [2.75, 3.05) is 13.1 Å². The molecule has 0 aromatic carbocycles. The summed E-state index contributed by atoms with van der Waals surface area (Å²) in [7, 11) is 0. The van der Waals surface area contributed by atoms with Crippen LogP contribution in [0, 0.1) is 0 Å². The van der Waals surface area contributed by atoms with Crippen LogP contribution in [0.15, 0.2) is 12.2 Å². The van der Waals surface area contributed by atoms with Gasteiger partial charge in [-0.2, -0.15) is 0 Å². The average molecular weight is 522 g/mol. The third-order valence-electron chi connectivity index (χ3n) is 6.72. The van der Waals surface area contributed by atoms with Crippen molar-refractivity contribution in [1.29, 1.82) is 0 Å². The van der Waals surface area contributed by atoms with Gasteiger partial charge in [0.25, 0.3) is 0 Å². The van der Waals surface area contributed by atoms with Gasteiger partial charge in [-0.05, 0) is 38.2 Å². The lowest BCUT2D eigenvalue weighted by Gasteiger charge is -2.17. The summed E-state index contributed by atoms with van der Waals surface area (Å²) >= 11 is 0. The molecule has 37 heavy (non-hydrogen) atoms. The highest BCUT2D eigenvalue weighted by atomic mass is 16.2. The Morgan fingerprint density at radius 2 is 1.11 bits per heavy atom. The lowest BCUT2D eigenvalue weighted by Crippen LogP contribution is -2.47. The van der Waals surface area contributed by atoms with E-state index in [0.717, 1.165) is 38.5 Å². The van der Waals surface area contributed by atoms with Crippen molar-refractivity contribution in [3.8, 4) is 0 Å². The highest BCUT2D eigenvalue weighted by Gasteiger charge is 2.20. The maximum absolute atomic E-state index is 12.6. The molecule has 6 nitrogen and oxygen atoms in total. The predicted octanol–water partition coefficient (Wildman–Crippen LogP) is 7.12. The van der Waals surface area contributed by atoms with Crippen LogP contribution in [-0.4, -0.2) is 36.9 Å². The fourth-order valence-electron chi connectivity index (χ4n) is 4.24. The van der Waals surface area contributed by atoms with E-state index in [1.54, 1.807) is 0 Å². The first kappa shape index (κ1) is 35.2. The Kier molecular flexibility index (Phi) is 25.8. The molecule has 0 bridgehead atoms. The zero-order chi connectivity index (χ0) is 27.4. The summed E-state index contributed by atoms with van der Waals surface area (Å²) in [5, 5.41) is 8.55. The van der Waals surface area contributed by atoms with E-state index in [1.807, 2.05) is 6.08 Å². The van der Waals surface area contributed by atoms with Gasteiger partial charge in [-0.25, -0.2) is 0 Å². The Bertz CT molecular complexity index is 592. The minimum Gasteiger partial charge on any atom is -0.356 e. The first-order valence-electron chi connectivity index (χ1n) is 15.6. The van der Waals surface area contributed by atoms with E-state index in [-0.39, 0.29) is 24.1 Å². The number of amides is 3. The van der Waals surface area contributed by atoms with E-state index in [2.05, 4.69) is 36.7 Å². The second kappa shape index (κ2) is 27.2. The Balaban J connectivity index is 4.08. The highest BCUT2D eigenvalue weighted by molar-refractivity contribution is 5.93. The summed E-state index contributed by atoms with van der Waals surface area (Å²) in [6.07, 6.45) is 25.9. The molecule has 3 amide bonds. The van der Waals surface area contributed by atoms with E-state index >= 15 is 0 Å². The van der Waals surface area contributed by atoms with Gasteiger partial charge in [0.1, 0.15) is 6.04 Å². The minimum atomic E-state index is -0.692. The average Bonchev–Trinajstić information content (AvgIpc) is 2.89. The molecule has 0 aliphatic heterocycles. The number of unbranched alkanes of at least 4 members (excludes halogenated alkanes) is 15. The van der Waals surface area contributed by atoms with Crippen molar-refractivity contribution in [2.45, 2.75) is 155 Å². The molecule has 0 aliphatic carbocycles. The number of rotatable bonds is 26. The van der Waals surface area contributed by atoms with Crippen LogP contribution in [0.2, 0.25) is 0 Å². The van der Waals surface area contributed by atoms with Gasteiger partial charge in [0.05, 0.1) is 0 Å². The number of carbonyl (C=O) groups excluding carboxylic acids is 3. The van der Waals surface area contributed by atoms with E-state index in [4.69, 9.17) is 0 Å². The molecule has 0 unspecified atom stereocenters. The lowest BCUT2D eigenvalue weighted by atomic mass is 10.0. The molecule has 0 saturated heterocycles. The van der Waals surface area contributed by atoms with E-state index in [0.29, 0.717) is 19.5 Å². The van der Waals surface area contributed by atoms with Crippen LogP contribution in [0.5, 0.6) is 0 Å². The van der Waals surface area contributed by atoms with Crippen LogP contribution in [0.4, 0.5) is 0 Å². The number of hydrogen-bond acceptors (Lipinski definition) is 3. The van der Waals surface area contributed by atoms with Gasteiger partial charge >= 0.3 is 0 Å². The molecule has 3 N–H and O–H groups in total. The molecule has 0 aromatic rings. The Labute approximate surface area is 228 Å². The largest absolute Gasteiger partial charge is 0.356 e. The molecule has 0 rings (SSSR count). The molecule has 0 fully saturated rings. The Morgan fingerprint density at radius 1 is 0.622 bits per heavy atom. The SMILES string of the molecule is CCCCCCCCCCCCCCC/C=C/C(=O)N[C@@H](CCC(=O)NCCCC)C(=O)NCCCC. The van der Waals surface area contributed by atoms with Gasteiger partial charge in [0, 0.05) is 19.5 Å². The predicted molar refractivity (Wildman–Crippen MR) is 156 cm³/mol. The van der Waals surface area contributed by atoms with E-state index in [1.165, 1.54) is 83.1 Å². The zero-order valence-electron chi connectivity index (χ0n) is 24.5. The fourth-order valence-corrected chi connectivity index (χ4v) is 4.24. The summed E-state index contributed by atoms with van der Waals surface area (Å²) < 4.78 is 0. The van der Waals surface area contributed by atoms with Gasteiger partial charge in [0.15, 0.2) is 0 Å². The standard InChI is InChI=1S/C31H59N3O3/c1-4-7-10-11-12-13-14-15-16-17-18-19-20-21-22-23-30(36)34-28(31(37)33-27-9-6-3)24-25-29(35)32-26-8-5-2/h22-23,28H,4-21,24-27H2,1-3H3,(H,32,35)(H,33,37)(H,34,36)/b23-22+/t28-/m0/s1. The quantitative estimate of drug-likeness (QED) is 0.0836. The molecule has 0 radical (unpaired) electrons. The van der Waals surface area contributed by atoms with Crippen LogP contribution < -0.4 is 16.0 Å². The summed E-state index contributed by atoms with van der Waals surface area (Å²) in [4.78, 5) is 37.0. The van der Waals surface area contributed by atoms with Crippen LogP contribution >= 0.6 is 0 Å². The van der Waals surface area contributed by atoms with Crippen LogP contribution in [0.1, 0.15) is 149 Å². The normalized spacial score (nSPS) is 12.0. The van der Waals surface area contributed by atoms with Crippen molar-refractivity contribution in [3.63, 3.8) is 0 Å². The molecule has 0 saturated carbocycles. The van der Waals surface area contributed by atoms with Crippen molar-refractivity contribution in [2.24, 2.45) is 0 Å². The molecular formula is C31H59N3O3. The highest BCUT2D eigenvalue weighted by Crippen LogP contribution is 2.13. The Morgan fingerprint density at radius 3 is 1.65 bits per heavy atom. The number of carbonyl (C=O) groups is 3. The van der Waals surface area contributed by atoms with Crippen molar-refractivity contribution in [3.05, 3.63) is 12.2 Å². The molecule has 0 heterocycles. The second-order valence-corrected chi connectivity index (χ2v) is 10.4. The molecule has 0 aliphatic rings. The smallest absolute Gasteiger partial charge is 0.244 e. The third kappa shape index (κ3) is 24.3. The van der Waals surface area contributed by atoms with Crippen molar-refractivity contribution in [1.82, 2.24) is 16.0 Å². The summed E-state index contributed by atoms with van der Waals surface area (Å²) in [6, 6.07) is -0.692. The van der Waals surface area contributed by atoms with Crippen LogP contribution in [0.3, 0.4) is 0 Å². The summed E-state index contributed by atoms with van der Waals surface area (Å²) in [5.74, 6) is -0.559. The monoisotopic (exact) mass is 521 g/mol. The molecule has 0 aromatic heterocycles. The molecular weight excluding hydrogens is 462 g/mol. The number of nitrogens with one attached hydrogen (secondary N) is 3. The van der Waals surface area contributed by atoms with Gasteiger partial charge < -0.3 is 16.0 Å². The first-order chi connectivity index (χ1) is 18.0. The van der Waals surface area contributed by atoms with Crippen molar-refractivity contribution >= 4 is 17.7 Å². The maximum atomic E-state index is 12.6. The van der Waals surface area contributed by atoms with Gasteiger partial charge in [-0.15, -0.1) is 0 Å². The summed E-state index contributed by atoms with van der Waals surface area (Å²) in [5.41, 5.74) is 0. The fraction of sp³-hybridized carbons (Fsp3) is 0.839. The lowest BCUT2D eigenvalue weighted by molar-refractivity contribution is -0.128. The maximum Gasteiger partial charge on any atom is 0.244 e. The van der Waals surface area contributed by atoms with Crippen LogP contribution in [-0.2, 0) is 14.4 Å². The van der Waals surface area contributed by atoms with Crippen molar-refractivity contribution < 1.29 is 14.4 Å². The summed E-state index contributed by atoms with van der Waals surface area (Å²) in [6.45, 7) is 7.64. The molecule has 0 spiro atoms. The third-order valence-corrected chi connectivity index (χ3v) is 6.72. The zero-order valence-corrected chi connectivity index (χ0v) is 24.5. The van der Waals surface area contributed by atoms with Gasteiger partial charge in [-0.3, -0.25) is 14.4 Å².